The lowest BCUT2D eigenvalue weighted by atomic mass is 10.0. The highest BCUT2D eigenvalue weighted by atomic mass is 32.1. The summed E-state index contributed by atoms with van der Waals surface area (Å²) in [5.41, 5.74) is 1.66. The van der Waals surface area contributed by atoms with Crippen LogP contribution in [-0.2, 0) is 36.6 Å². The summed E-state index contributed by atoms with van der Waals surface area (Å²) in [7, 11) is 0. The molecule has 2 aromatic heterocycles. The van der Waals surface area contributed by atoms with Gasteiger partial charge in [0.25, 0.3) is 5.91 Å². The predicted molar refractivity (Wildman–Crippen MR) is 174 cm³/mol. The Morgan fingerprint density at radius 1 is 0.891 bits per heavy atom. The molecule has 14 heteroatoms. The maximum atomic E-state index is 13.1. The number of carbonyl (C=O) groups is 2. The first-order chi connectivity index (χ1) is 21.9. The average molecular weight is 667 g/mol. The lowest BCUT2D eigenvalue weighted by Crippen LogP contribution is -2.33. The van der Waals surface area contributed by atoms with Gasteiger partial charge in [0.2, 0.25) is 16.2 Å². The fourth-order valence-corrected chi connectivity index (χ4v) is 6.54. The lowest BCUT2D eigenvalue weighted by molar-refractivity contribution is -0.208. The van der Waals surface area contributed by atoms with Gasteiger partial charge in [-0.05, 0) is 51.7 Å². The van der Waals surface area contributed by atoms with Gasteiger partial charge >= 0.3 is 0 Å². The minimum absolute atomic E-state index is 0.0141. The van der Waals surface area contributed by atoms with Crippen LogP contribution in [0.2, 0.25) is 0 Å². The number of aliphatic hydroxyl groups is 1. The maximum absolute atomic E-state index is 13.1. The lowest BCUT2D eigenvalue weighted by Gasteiger charge is -2.26. The molecule has 0 saturated carbocycles. The van der Waals surface area contributed by atoms with Gasteiger partial charge in [0.05, 0.1) is 12.5 Å². The number of amides is 2. The van der Waals surface area contributed by atoms with Crippen molar-refractivity contribution in [1.29, 1.82) is 0 Å². The minimum Gasteiger partial charge on any atom is -0.366 e. The van der Waals surface area contributed by atoms with Crippen LogP contribution in [0.5, 0.6) is 0 Å². The third-order valence-corrected chi connectivity index (χ3v) is 8.69. The Hall–Kier alpha value is -3.66. The molecule has 3 unspecified atom stereocenters. The van der Waals surface area contributed by atoms with E-state index in [2.05, 4.69) is 31.0 Å². The molecule has 0 spiro atoms. The maximum Gasteiger partial charge on any atom is 0.258 e. The highest BCUT2D eigenvalue weighted by Gasteiger charge is 2.46. The summed E-state index contributed by atoms with van der Waals surface area (Å²) in [6.45, 7) is 6.64. The highest BCUT2D eigenvalue weighted by Crippen LogP contribution is 2.39. The Balaban J connectivity index is 1.06. The van der Waals surface area contributed by atoms with Gasteiger partial charge < -0.3 is 24.6 Å². The summed E-state index contributed by atoms with van der Waals surface area (Å²) in [6.07, 6.45) is 1.10. The molecule has 5 rings (SSSR count). The van der Waals surface area contributed by atoms with Crippen molar-refractivity contribution in [3.63, 3.8) is 0 Å². The number of unbranched alkanes of at least 4 members (excludes halogenated alkanes) is 1. The van der Waals surface area contributed by atoms with Gasteiger partial charge in [-0.2, -0.15) is 0 Å². The molecule has 244 valence electrons. The first-order valence-corrected chi connectivity index (χ1v) is 16.7. The van der Waals surface area contributed by atoms with Crippen LogP contribution in [0.4, 0.5) is 10.3 Å². The number of benzene rings is 2. The summed E-state index contributed by atoms with van der Waals surface area (Å²) in [5.74, 6) is -2.91. The molecule has 2 amide bonds. The zero-order chi connectivity index (χ0) is 32.7. The highest BCUT2D eigenvalue weighted by molar-refractivity contribution is 7.15. The fraction of sp³-hybridized carbons (Fsp3) is 0.438. The van der Waals surface area contributed by atoms with E-state index in [-0.39, 0.29) is 18.2 Å². The van der Waals surface area contributed by atoms with E-state index in [0.29, 0.717) is 23.1 Å². The summed E-state index contributed by atoms with van der Waals surface area (Å²) in [5, 5.41) is 34.9. The topological polar surface area (TPSA) is 158 Å². The van der Waals surface area contributed by atoms with Crippen molar-refractivity contribution in [3.8, 4) is 0 Å². The second-order valence-corrected chi connectivity index (χ2v) is 13.9. The van der Waals surface area contributed by atoms with Crippen LogP contribution < -0.4 is 10.6 Å². The molecule has 1 fully saturated rings. The molecule has 4 aromatic rings. The molecule has 0 aliphatic carbocycles. The van der Waals surface area contributed by atoms with Gasteiger partial charge in [-0.1, -0.05) is 83.3 Å². The van der Waals surface area contributed by atoms with Crippen molar-refractivity contribution in [2.45, 2.75) is 89.7 Å². The van der Waals surface area contributed by atoms with Crippen LogP contribution in [-0.4, -0.2) is 55.0 Å². The van der Waals surface area contributed by atoms with Gasteiger partial charge in [-0.25, -0.2) is 0 Å². The van der Waals surface area contributed by atoms with Crippen LogP contribution in [0.25, 0.3) is 0 Å². The van der Waals surface area contributed by atoms with Crippen molar-refractivity contribution >= 4 is 44.8 Å². The van der Waals surface area contributed by atoms with Crippen LogP contribution >= 0.6 is 22.7 Å². The monoisotopic (exact) mass is 666 g/mol. The fourth-order valence-electron chi connectivity index (χ4n) is 4.96. The van der Waals surface area contributed by atoms with Crippen molar-refractivity contribution in [3.05, 3.63) is 81.8 Å². The van der Waals surface area contributed by atoms with E-state index in [0.717, 1.165) is 34.0 Å². The second kappa shape index (κ2) is 14.8. The SMILES string of the molecule is CC(C)(O)OC(CC(=O)Nc1nnc(CCCCc2nnc(NC(=O)C3OC(C)(C)OC3c3ccccc3)s2)s1)c1ccccc1. The number of hydrogen-bond acceptors (Lipinski definition) is 12. The van der Waals surface area contributed by atoms with Crippen molar-refractivity contribution in [2.75, 3.05) is 10.6 Å². The first-order valence-electron chi connectivity index (χ1n) is 15.1. The number of nitrogens with one attached hydrogen (secondary N) is 2. The van der Waals surface area contributed by atoms with E-state index in [9.17, 15) is 14.7 Å². The van der Waals surface area contributed by atoms with Crippen molar-refractivity contribution in [2.24, 2.45) is 0 Å². The number of hydrogen-bond donors (Lipinski definition) is 3. The van der Waals surface area contributed by atoms with Gasteiger partial charge in [0.1, 0.15) is 16.1 Å². The van der Waals surface area contributed by atoms with E-state index in [1.165, 1.54) is 36.5 Å². The smallest absolute Gasteiger partial charge is 0.258 e. The molecule has 2 aromatic carbocycles. The van der Waals surface area contributed by atoms with Crippen LogP contribution in [0.15, 0.2) is 60.7 Å². The van der Waals surface area contributed by atoms with E-state index in [1.807, 2.05) is 60.7 Å². The molecular weight excluding hydrogens is 629 g/mol. The first kappa shape index (κ1) is 33.7. The van der Waals surface area contributed by atoms with Crippen molar-refractivity contribution in [1.82, 2.24) is 20.4 Å². The van der Waals surface area contributed by atoms with Gasteiger partial charge in [0.15, 0.2) is 17.7 Å². The van der Waals surface area contributed by atoms with Gasteiger partial charge in [-0.3, -0.25) is 14.9 Å². The molecule has 3 atom stereocenters. The van der Waals surface area contributed by atoms with E-state index >= 15 is 0 Å². The van der Waals surface area contributed by atoms with E-state index in [4.69, 9.17) is 14.2 Å². The number of aromatic nitrogens is 4. The summed E-state index contributed by atoms with van der Waals surface area (Å²) in [6, 6.07) is 18.8. The van der Waals surface area contributed by atoms with Crippen LogP contribution in [0.3, 0.4) is 0 Å². The molecule has 1 aliphatic heterocycles. The van der Waals surface area contributed by atoms with Gasteiger partial charge in [-0.15, -0.1) is 20.4 Å². The molecule has 1 saturated heterocycles. The van der Waals surface area contributed by atoms with E-state index in [1.54, 1.807) is 13.8 Å². The Morgan fingerprint density at radius 3 is 2.04 bits per heavy atom. The quantitative estimate of drug-likeness (QED) is 0.114. The Labute approximate surface area is 275 Å². The number of anilines is 2. The third-order valence-electron chi connectivity index (χ3n) is 6.90. The zero-order valence-corrected chi connectivity index (χ0v) is 27.8. The third kappa shape index (κ3) is 9.67. The predicted octanol–water partition coefficient (Wildman–Crippen LogP) is 5.60. The molecule has 46 heavy (non-hydrogen) atoms. The van der Waals surface area contributed by atoms with Gasteiger partial charge in [0, 0.05) is 12.8 Å². The Kier molecular flexibility index (Phi) is 10.9. The molecule has 12 nitrogen and oxygen atoms in total. The number of rotatable bonds is 14. The molecule has 3 N–H and O–H groups in total. The van der Waals surface area contributed by atoms with Crippen LogP contribution in [0.1, 0.15) is 80.3 Å². The minimum atomic E-state index is -1.40. The number of nitrogens with zero attached hydrogens (tertiary/aromatic N) is 4. The normalized spacial score (nSPS) is 18.3. The summed E-state index contributed by atoms with van der Waals surface area (Å²) >= 11 is 2.66. The zero-order valence-electron chi connectivity index (χ0n) is 26.1. The molecule has 1 aliphatic rings. The Morgan fingerprint density at radius 2 is 1.46 bits per heavy atom. The largest absolute Gasteiger partial charge is 0.366 e. The Bertz CT molecular complexity index is 1590. The summed E-state index contributed by atoms with van der Waals surface area (Å²) < 4.78 is 17.7. The number of carbonyl (C=O) groups excluding carboxylic acids is 2. The molecule has 0 bridgehead atoms. The number of aryl methyl sites for hydroxylation is 2. The number of ether oxygens (including phenoxy) is 3. The average Bonchev–Trinajstić information content (AvgIpc) is 3.73. The molecule has 0 radical (unpaired) electrons. The van der Waals surface area contributed by atoms with Crippen molar-refractivity contribution < 1.29 is 28.9 Å². The molecular formula is C32H38N6O6S2. The van der Waals surface area contributed by atoms with E-state index < -0.39 is 29.9 Å². The second-order valence-electron chi connectivity index (χ2n) is 11.8. The van der Waals surface area contributed by atoms with Crippen LogP contribution in [0, 0.1) is 0 Å². The summed E-state index contributed by atoms with van der Waals surface area (Å²) in [4.78, 5) is 25.9. The molecule has 3 heterocycles. The standard InChI is InChI=1S/C32H38N6O6S2/c1-31(2,41)42-22(20-13-7-5-8-14-20)19-23(39)33-29-37-35-24(45-29)17-11-12-18-25-36-38-30(46-25)34-28(40)27-26(43-32(3,4)44-27)21-15-9-6-10-16-21/h5-10,13-16,22,26-27,41H,11-12,17-19H2,1-4H3,(H,33,37,39)(H,34,38,40).